The first-order chi connectivity index (χ1) is 15.1. The quantitative estimate of drug-likeness (QED) is 0.263. The second-order valence-electron chi connectivity index (χ2n) is 7.23. The smallest absolute Gasteiger partial charge is 0.256 e. The van der Waals surface area contributed by atoms with E-state index >= 15 is 0 Å². The molecule has 4 aromatic carbocycles. The van der Waals surface area contributed by atoms with Crippen LogP contribution in [0.5, 0.6) is 0 Å². The fourth-order valence-corrected chi connectivity index (χ4v) is 4.25. The van der Waals surface area contributed by atoms with Crippen LogP contribution in [0.4, 0.5) is 0 Å². The number of H-pyrrole nitrogens is 2. The van der Waals surface area contributed by atoms with Gasteiger partial charge in [-0.2, -0.15) is 0 Å². The van der Waals surface area contributed by atoms with Crippen LogP contribution in [0.1, 0.15) is 0 Å². The molecule has 0 aliphatic heterocycles. The van der Waals surface area contributed by atoms with Crippen molar-refractivity contribution in [1.82, 2.24) is 9.97 Å². The predicted octanol–water partition coefficient (Wildman–Crippen LogP) is 6.13. The van der Waals surface area contributed by atoms with Gasteiger partial charge in [0.15, 0.2) is 0 Å². The minimum absolute atomic E-state index is 0.0238. The van der Waals surface area contributed by atoms with Crippen LogP contribution in [-0.2, 0) is 0 Å². The third-order valence-corrected chi connectivity index (χ3v) is 5.82. The van der Waals surface area contributed by atoms with Crippen molar-refractivity contribution in [2.45, 2.75) is 0 Å². The van der Waals surface area contributed by atoms with Gasteiger partial charge in [0, 0.05) is 37.1 Å². The molecule has 0 radical (unpaired) electrons. The van der Waals surface area contributed by atoms with Crippen LogP contribution in [0.15, 0.2) is 105 Å². The molecule has 31 heavy (non-hydrogen) atoms. The lowest BCUT2D eigenvalue weighted by atomic mass is 10.1. The van der Waals surface area contributed by atoms with Gasteiger partial charge in [-0.3, -0.25) is 9.59 Å². The standard InChI is InChI=1S/C13H8BrNO.C13H9NO/c14-8-5-6-12-11(7-8)9-3-1-2-4-10(9)13(16)15-12;15-13-11-7-2-1-5-9(11)10-6-3-4-8-12(10)14-13/h1-7H,(H,15,16);1-8H,(H,14,15). The molecule has 2 N–H and O–H groups in total. The molecule has 0 unspecified atom stereocenters. The predicted molar refractivity (Wildman–Crippen MR) is 132 cm³/mol. The van der Waals surface area contributed by atoms with Gasteiger partial charge < -0.3 is 9.97 Å². The topological polar surface area (TPSA) is 65.7 Å². The largest absolute Gasteiger partial charge is 0.321 e. The highest BCUT2D eigenvalue weighted by Gasteiger charge is 2.04. The molecule has 0 amide bonds. The number of benzene rings is 4. The summed E-state index contributed by atoms with van der Waals surface area (Å²) >= 11 is 3.44. The molecule has 2 aromatic heterocycles. The number of fused-ring (bicyclic) bond motifs is 6. The van der Waals surface area contributed by atoms with Gasteiger partial charge in [0.25, 0.3) is 11.1 Å². The molecule has 0 aliphatic rings. The molecule has 6 aromatic rings. The molecule has 0 spiro atoms. The number of aromatic amines is 2. The zero-order chi connectivity index (χ0) is 21.4. The zero-order valence-corrected chi connectivity index (χ0v) is 17.9. The molecule has 0 bridgehead atoms. The summed E-state index contributed by atoms with van der Waals surface area (Å²) in [4.78, 5) is 29.3. The van der Waals surface area contributed by atoms with Crippen molar-refractivity contribution in [2.75, 3.05) is 0 Å². The number of pyridine rings is 2. The lowest BCUT2D eigenvalue weighted by molar-refractivity contribution is 1.34. The minimum atomic E-state index is -0.0366. The first-order valence-electron chi connectivity index (χ1n) is 9.82. The number of para-hydroxylation sites is 1. The van der Waals surface area contributed by atoms with Crippen molar-refractivity contribution >= 4 is 59.3 Å². The Balaban J connectivity index is 0.000000132. The number of aromatic nitrogens is 2. The molecule has 0 saturated carbocycles. The van der Waals surface area contributed by atoms with Gasteiger partial charge in [0.2, 0.25) is 0 Å². The summed E-state index contributed by atoms with van der Waals surface area (Å²) in [7, 11) is 0. The third kappa shape index (κ3) is 3.53. The average molecular weight is 469 g/mol. The summed E-state index contributed by atoms with van der Waals surface area (Å²) in [6.07, 6.45) is 0. The van der Waals surface area contributed by atoms with Crippen LogP contribution in [0.25, 0.3) is 43.4 Å². The van der Waals surface area contributed by atoms with Crippen molar-refractivity contribution in [3.05, 3.63) is 116 Å². The fraction of sp³-hybridized carbons (Fsp3) is 0. The molecule has 0 fully saturated rings. The number of hydrogen-bond donors (Lipinski definition) is 2. The average Bonchev–Trinajstić information content (AvgIpc) is 2.81. The zero-order valence-electron chi connectivity index (χ0n) is 16.4. The number of hydrogen-bond acceptors (Lipinski definition) is 2. The molecule has 4 nitrogen and oxygen atoms in total. The van der Waals surface area contributed by atoms with Crippen molar-refractivity contribution in [3.63, 3.8) is 0 Å². The van der Waals surface area contributed by atoms with Gasteiger partial charge in [-0.05, 0) is 47.2 Å². The second kappa shape index (κ2) is 7.85. The Morgan fingerprint density at radius 1 is 0.484 bits per heavy atom. The molecule has 0 saturated heterocycles. The molecule has 2 heterocycles. The van der Waals surface area contributed by atoms with E-state index in [1.165, 1.54) is 0 Å². The molecule has 0 aliphatic carbocycles. The maximum atomic E-state index is 11.8. The Bertz CT molecular complexity index is 1700. The lowest BCUT2D eigenvalue weighted by Gasteiger charge is -2.03. The second-order valence-corrected chi connectivity index (χ2v) is 8.15. The fourth-order valence-electron chi connectivity index (χ4n) is 3.89. The van der Waals surface area contributed by atoms with Crippen molar-refractivity contribution in [1.29, 1.82) is 0 Å². The number of halogens is 1. The van der Waals surface area contributed by atoms with Gasteiger partial charge in [-0.15, -0.1) is 0 Å². The van der Waals surface area contributed by atoms with E-state index < -0.39 is 0 Å². The monoisotopic (exact) mass is 468 g/mol. The summed E-state index contributed by atoms with van der Waals surface area (Å²) in [5.41, 5.74) is 1.70. The Hall–Kier alpha value is -3.70. The van der Waals surface area contributed by atoms with E-state index in [9.17, 15) is 9.59 Å². The first-order valence-corrected chi connectivity index (χ1v) is 10.6. The van der Waals surface area contributed by atoms with Crippen LogP contribution >= 0.6 is 15.9 Å². The number of rotatable bonds is 0. The SMILES string of the molecule is O=c1[nH]c2ccc(Br)cc2c2ccccc12.O=c1[nH]c2ccccc2c2ccccc12. The lowest BCUT2D eigenvalue weighted by Crippen LogP contribution is -2.05. The van der Waals surface area contributed by atoms with E-state index in [-0.39, 0.29) is 11.1 Å². The van der Waals surface area contributed by atoms with Crippen LogP contribution in [0.2, 0.25) is 0 Å². The minimum Gasteiger partial charge on any atom is -0.321 e. The van der Waals surface area contributed by atoms with Crippen LogP contribution < -0.4 is 11.1 Å². The summed E-state index contributed by atoms with van der Waals surface area (Å²) in [6.45, 7) is 0. The van der Waals surface area contributed by atoms with Crippen molar-refractivity contribution in [2.24, 2.45) is 0 Å². The normalized spacial score (nSPS) is 11.0. The van der Waals surface area contributed by atoms with Gasteiger partial charge in [0.05, 0.1) is 0 Å². The summed E-state index contributed by atoms with van der Waals surface area (Å²) in [6, 6.07) is 29.0. The highest BCUT2D eigenvalue weighted by molar-refractivity contribution is 9.10. The molecule has 150 valence electrons. The Morgan fingerprint density at radius 2 is 0.935 bits per heavy atom. The summed E-state index contributed by atoms with van der Waals surface area (Å²) in [5, 5.41) is 5.63. The van der Waals surface area contributed by atoms with E-state index in [0.29, 0.717) is 0 Å². The van der Waals surface area contributed by atoms with Gasteiger partial charge in [0.1, 0.15) is 0 Å². The molecule has 6 rings (SSSR count). The first kappa shape index (κ1) is 19.3. The van der Waals surface area contributed by atoms with Gasteiger partial charge in [-0.1, -0.05) is 70.5 Å². The van der Waals surface area contributed by atoms with Crippen LogP contribution in [0, 0.1) is 0 Å². The van der Waals surface area contributed by atoms with Crippen molar-refractivity contribution in [3.8, 4) is 0 Å². The maximum Gasteiger partial charge on any atom is 0.256 e. The highest BCUT2D eigenvalue weighted by atomic mass is 79.9. The Morgan fingerprint density at radius 3 is 1.55 bits per heavy atom. The van der Waals surface area contributed by atoms with E-state index in [4.69, 9.17) is 0 Å². The van der Waals surface area contributed by atoms with Gasteiger partial charge >= 0.3 is 0 Å². The van der Waals surface area contributed by atoms with Crippen LogP contribution in [-0.4, -0.2) is 9.97 Å². The number of nitrogens with one attached hydrogen (secondary N) is 2. The Kier molecular flexibility index (Phi) is 4.88. The van der Waals surface area contributed by atoms with E-state index in [0.717, 1.165) is 47.8 Å². The van der Waals surface area contributed by atoms with Crippen LogP contribution in [0.3, 0.4) is 0 Å². The molecular weight excluding hydrogens is 452 g/mol. The maximum absolute atomic E-state index is 11.8. The third-order valence-electron chi connectivity index (χ3n) is 5.33. The van der Waals surface area contributed by atoms with Crippen molar-refractivity contribution < 1.29 is 0 Å². The van der Waals surface area contributed by atoms with E-state index in [1.54, 1.807) is 0 Å². The highest BCUT2D eigenvalue weighted by Crippen LogP contribution is 2.24. The molecular formula is C26H17BrN2O2. The van der Waals surface area contributed by atoms with E-state index in [2.05, 4.69) is 25.9 Å². The molecule has 0 atom stereocenters. The molecule has 5 heteroatoms. The Labute approximate surface area is 185 Å². The van der Waals surface area contributed by atoms with Gasteiger partial charge in [-0.25, -0.2) is 0 Å². The summed E-state index contributed by atoms with van der Waals surface area (Å²) in [5.74, 6) is 0. The van der Waals surface area contributed by atoms with E-state index in [1.807, 2.05) is 91.0 Å². The summed E-state index contributed by atoms with van der Waals surface area (Å²) < 4.78 is 1.01.